The van der Waals surface area contributed by atoms with Crippen LogP contribution in [0, 0.1) is 35.3 Å². The van der Waals surface area contributed by atoms with Crippen molar-refractivity contribution >= 4 is 5.69 Å². The van der Waals surface area contributed by atoms with E-state index in [4.69, 9.17) is 10.00 Å². The Morgan fingerprint density at radius 3 is 2.60 bits per heavy atom. The molecular formula is C15H12N2O3. The summed E-state index contributed by atoms with van der Waals surface area (Å²) < 4.78 is 5.56. The van der Waals surface area contributed by atoms with Gasteiger partial charge in [-0.2, -0.15) is 5.26 Å². The van der Waals surface area contributed by atoms with Crippen LogP contribution in [0.2, 0.25) is 0 Å². The van der Waals surface area contributed by atoms with Crippen LogP contribution in [0.5, 0.6) is 11.5 Å². The van der Waals surface area contributed by atoms with E-state index < -0.39 is 4.92 Å². The molecular weight excluding hydrogens is 256 g/mol. The summed E-state index contributed by atoms with van der Waals surface area (Å²) in [6, 6.07) is 12.0. The van der Waals surface area contributed by atoms with Crippen LogP contribution in [0.15, 0.2) is 36.4 Å². The van der Waals surface area contributed by atoms with Gasteiger partial charge >= 0.3 is 5.69 Å². The molecule has 0 amide bonds. The fourth-order valence-corrected chi connectivity index (χ4v) is 1.89. The maximum absolute atomic E-state index is 11.1. The van der Waals surface area contributed by atoms with E-state index in [-0.39, 0.29) is 11.4 Å². The molecule has 0 bridgehead atoms. The average Bonchev–Trinajstić information content (AvgIpc) is 2.40. The maximum Gasteiger partial charge on any atom is 0.314 e. The molecule has 2 rings (SSSR count). The second kappa shape index (κ2) is 5.41. The molecule has 0 spiro atoms. The Bertz CT molecular complexity index is 718. The SMILES string of the molecule is Cc1ccc(Oc2cccc(C)c2[N+](=O)[O-])c(C#N)c1. The molecule has 0 saturated carbocycles. The molecule has 0 aliphatic carbocycles. The Morgan fingerprint density at radius 2 is 1.95 bits per heavy atom. The highest BCUT2D eigenvalue weighted by atomic mass is 16.6. The van der Waals surface area contributed by atoms with Gasteiger partial charge in [-0.3, -0.25) is 10.1 Å². The van der Waals surface area contributed by atoms with Crippen molar-refractivity contribution in [3.05, 3.63) is 63.2 Å². The molecule has 0 aliphatic heterocycles. The van der Waals surface area contributed by atoms with Crippen LogP contribution in [0.1, 0.15) is 16.7 Å². The first-order valence-electron chi connectivity index (χ1n) is 5.95. The average molecular weight is 268 g/mol. The molecule has 0 aliphatic rings. The summed E-state index contributed by atoms with van der Waals surface area (Å²) in [5.74, 6) is 0.446. The van der Waals surface area contributed by atoms with Gasteiger partial charge in [-0.1, -0.05) is 18.2 Å². The van der Waals surface area contributed by atoms with E-state index in [0.717, 1.165) is 5.56 Å². The lowest BCUT2D eigenvalue weighted by molar-refractivity contribution is -0.386. The zero-order valence-electron chi connectivity index (χ0n) is 11.1. The van der Waals surface area contributed by atoms with Gasteiger partial charge in [-0.15, -0.1) is 0 Å². The van der Waals surface area contributed by atoms with Crippen LogP contribution < -0.4 is 4.74 Å². The predicted octanol–water partition coefficient (Wildman–Crippen LogP) is 3.88. The van der Waals surface area contributed by atoms with E-state index in [1.807, 2.05) is 13.0 Å². The number of para-hydroxylation sites is 1. The van der Waals surface area contributed by atoms with Crippen LogP contribution in [0.4, 0.5) is 5.69 Å². The summed E-state index contributed by atoms with van der Waals surface area (Å²) in [5, 5.41) is 20.2. The highest BCUT2D eigenvalue weighted by Crippen LogP contribution is 2.35. The molecule has 0 N–H and O–H groups in total. The number of nitro groups is 1. The van der Waals surface area contributed by atoms with E-state index >= 15 is 0 Å². The standard InChI is InChI=1S/C15H12N2O3/c1-10-6-7-13(12(8-10)9-16)20-14-5-3-4-11(2)15(14)17(18)19/h3-8H,1-2H3. The van der Waals surface area contributed by atoms with Gasteiger partial charge in [0.2, 0.25) is 5.75 Å². The lowest BCUT2D eigenvalue weighted by atomic mass is 10.1. The fraction of sp³-hybridized carbons (Fsp3) is 0.133. The second-order valence-electron chi connectivity index (χ2n) is 4.39. The molecule has 100 valence electrons. The fourth-order valence-electron chi connectivity index (χ4n) is 1.89. The Hall–Kier alpha value is -2.87. The first kappa shape index (κ1) is 13.6. The van der Waals surface area contributed by atoms with E-state index in [0.29, 0.717) is 16.9 Å². The molecule has 0 heterocycles. The molecule has 0 atom stereocenters. The van der Waals surface area contributed by atoms with Crippen molar-refractivity contribution in [3.63, 3.8) is 0 Å². The largest absolute Gasteiger partial charge is 0.449 e. The summed E-state index contributed by atoms with van der Waals surface area (Å²) in [7, 11) is 0. The van der Waals surface area contributed by atoms with Crippen molar-refractivity contribution in [3.8, 4) is 17.6 Å². The summed E-state index contributed by atoms with van der Waals surface area (Å²) >= 11 is 0. The zero-order valence-corrected chi connectivity index (χ0v) is 11.1. The summed E-state index contributed by atoms with van der Waals surface area (Å²) in [4.78, 5) is 10.6. The molecule has 2 aromatic carbocycles. The van der Waals surface area contributed by atoms with Crippen molar-refractivity contribution in [2.24, 2.45) is 0 Å². The monoisotopic (exact) mass is 268 g/mol. The molecule has 20 heavy (non-hydrogen) atoms. The lowest BCUT2D eigenvalue weighted by Gasteiger charge is -2.09. The Morgan fingerprint density at radius 1 is 1.20 bits per heavy atom. The molecule has 2 aromatic rings. The Labute approximate surface area is 116 Å². The maximum atomic E-state index is 11.1. The first-order valence-corrected chi connectivity index (χ1v) is 5.95. The summed E-state index contributed by atoms with van der Waals surface area (Å²) in [6.07, 6.45) is 0. The smallest absolute Gasteiger partial charge is 0.314 e. The normalized spacial score (nSPS) is 9.85. The van der Waals surface area contributed by atoms with Gasteiger partial charge in [-0.25, -0.2) is 0 Å². The van der Waals surface area contributed by atoms with Crippen molar-refractivity contribution < 1.29 is 9.66 Å². The van der Waals surface area contributed by atoms with Crippen LogP contribution in [0.25, 0.3) is 0 Å². The number of benzene rings is 2. The van der Waals surface area contributed by atoms with Gasteiger partial charge in [0.05, 0.1) is 10.5 Å². The van der Waals surface area contributed by atoms with Crippen molar-refractivity contribution in [1.82, 2.24) is 0 Å². The Kier molecular flexibility index (Phi) is 3.67. The number of nitriles is 1. The van der Waals surface area contributed by atoms with E-state index in [2.05, 4.69) is 0 Å². The second-order valence-corrected chi connectivity index (χ2v) is 4.39. The van der Waals surface area contributed by atoms with E-state index in [1.165, 1.54) is 6.07 Å². The molecule has 0 aromatic heterocycles. The molecule has 5 heteroatoms. The van der Waals surface area contributed by atoms with Crippen LogP contribution >= 0.6 is 0 Å². The number of hydrogen-bond acceptors (Lipinski definition) is 4. The number of ether oxygens (including phenoxy) is 1. The highest BCUT2D eigenvalue weighted by Gasteiger charge is 2.19. The third-order valence-corrected chi connectivity index (χ3v) is 2.86. The number of hydrogen-bond donors (Lipinski definition) is 0. The van der Waals surface area contributed by atoms with Crippen molar-refractivity contribution in [2.75, 3.05) is 0 Å². The molecule has 0 radical (unpaired) electrons. The highest BCUT2D eigenvalue weighted by molar-refractivity contribution is 5.55. The quantitative estimate of drug-likeness (QED) is 0.625. The third-order valence-electron chi connectivity index (χ3n) is 2.86. The predicted molar refractivity (Wildman–Crippen MR) is 73.8 cm³/mol. The van der Waals surface area contributed by atoms with Crippen LogP contribution in [-0.4, -0.2) is 4.92 Å². The number of aryl methyl sites for hydroxylation is 2. The van der Waals surface area contributed by atoms with Crippen LogP contribution in [0.3, 0.4) is 0 Å². The van der Waals surface area contributed by atoms with Gasteiger partial charge in [0, 0.05) is 5.56 Å². The minimum Gasteiger partial charge on any atom is -0.449 e. The van der Waals surface area contributed by atoms with Crippen LogP contribution in [-0.2, 0) is 0 Å². The summed E-state index contributed by atoms with van der Waals surface area (Å²) in [5.41, 5.74) is 1.70. The zero-order chi connectivity index (χ0) is 14.7. The van der Waals surface area contributed by atoms with Crippen molar-refractivity contribution in [1.29, 1.82) is 5.26 Å². The van der Waals surface area contributed by atoms with Crippen molar-refractivity contribution in [2.45, 2.75) is 13.8 Å². The van der Waals surface area contributed by atoms with E-state index in [9.17, 15) is 10.1 Å². The first-order chi connectivity index (χ1) is 9.52. The van der Waals surface area contributed by atoms with Gasteiger partial charge < -0.3 is 4.74 Å². The lowest BCUT2D eigenvalue weighted by Crippen LogP contribution is -1.97. The third kappa shape index (κ3) is 2.59. The number of nitrogens with zero attached hydrogens (tertiary/aromatic N) is 2. The van der Waals surface area contributed by atoms with Gasteiger partial charge in [0.1, 0.15) is 11.8 Å². The van der Waals surface area contributed by atoms with Gasteiger partial charge in [-0.05, 0) is 37.6 Å². The minimum atomic E-state index is -0.481. The molecule has 0 saturated heterocycles. The molecule has 5 nitrogen and oxygen atoms in total. The topological polar surface area (TPSA) is 76.2 Å². The van der Waals surface area contributed by atoms with Gasteiger partial charge in [0.25, 0.3) is 0 Å². The van der Waals surface area contributed by atoms with E-state index in [1.54, 1.807) is 37.3 Å². The number of rotatable bonds is 3. The Balaban J connectivity index is 2.49. The van der Waals surface area contributed by atoms with Gasteiger partial charge in [0.15, 0.2) is 0 Å². The summed E-state index contributed by atoms with van der Waals surface area (Å²) in [6.45, 7) is 3.51. The minimum absolute atomic E-state index is 0.0861. The number of nitro benzene ring substituents is 1. The molecule has 0 fully saturated rings. The molecule has 0 unspecified atom stereocenters.